The van der Waals surface area contributed by atoms with Gasteiger partial charge in [-0.3, -0.25) is 5.10 Å². The zero-order valence-electron chi connectivity index (χ0n) is 10.3. The van der Waals surface area contributed by atoms with Gasteiger partial charge in [-0.25, -0.2) is 9.19 Å². The number of aromatic nitrogens is 4. The first kappa shape index (κ1) is 12.2. The standard InChI is InChI=1S/C11H11N5OS2/c1-19(2,17)16-11-13-9(14-15-11)10-12-7-5-3-4-6-8(7)18-10/h3-6H,1-2H3,(H,13,14,15). The van der Waals surface area contributed by atoms with Crippen LogP contribution in [0.4, 0.5) is 5.95 Å². The third-order valence-electron chi connectivity index (χ3n) is 2.27. The van der Waals surface area contributed by atoms with Gasteiger partial charge in [0.1, 0.15) is 0 Å². The van der Waals surface area contributed by atoms with E-state index in [1.165, 1.54) is 11.3 Å². The van der Waals surface area contributed by atoms with Gasteiger partial charge in [0.15, 0.2) is 10.8 Å². The van der Waals surface area contributed by atoms with Gasteiger partial charge in [-0.05, 0) is 12.1 Å². The molecule has 8 heteroatoms. The molecule has 0 atom stereocenters. The normalized spacial score (nSPS) is 11.9. The lowest BCUT2D eigenvalue weighted by molar-refractivity contribution is 0.684. The maximum absolute atomic E-state index is 11.6. The summed E-state index contributed by atoms with van der Waals surface area (Å²) in [6.45, 7) is 0. The molecule has 0 radical (unpaired) electrons. The number of nitrogens with zero attached hydrogens (tertiary/aromatic N) is 4. The Morgan fingerprint density at radius 1 is 1.26 bits per heavy atom. The molecule has 0 spiro atoms. The molecule has 98 valence electrons. The predicted molar refractivity (Wildman–Crippen MR) is 77.1 cm³/mol. The van der Waals surface area contributed by atoms with E-state index in [0.29, 0.717) is 5.82 Å². The highest BCUT2D eigenvalue weighted by Gasteiger charge is 2.10. The monoisotopic (exact) mass is 293 g/mol. The Hall–Kier alpha value is -1.80. The molecule has 3 rings (SSSR count). The highest BCUT2D eigenvalue weighted by Crippen LogP contribution is 2.28. The zero-order valence-corrected chi connectivity index (χ0v) is 12.0. The van der Waals surface area contributed by atoms with Gasteiger partial charge in [0.05, 0.1) is 10.2 Å². The van der Waals surface area contributed by atoms with Crippen LogP contribution in [0.15, 0.2) is 28.6 Å². The average molecular weight is 293 g/mol. The van der Waals surface area contributed by atoms with E-state index < -0.39 is 9.73 Å². The molecule has 2 heterocycles. The van der Waals surface area contributed by atoms with E-state index in [2.05, 4.69) is 24.5 Å². The van der Waals surface area contributed by atoms with Crippen molar-refractivity contribution in [3.05, 3.63) is 24.3 Å². The lowest BCUT2D eigenvalue weighted by Crippen LogP contribution is -1.89. The Labute approximate surface area is 114 Å². The molecule has 1 N–H and O–H groups in total. The predicted octanol–water partition coefficient (Wildman–Crippen LogP) is 2.44. The molecule has 2 aromatic heterocycles. The second kappa shape index (κ2) is 4.39. The molecule has 0 saturated heterocycles. The highest BCUT2D eigenvalue weighted by atomic mass is 32.2. The lowest BCUT2D eigenvalue weighted by atomic mass is 10.3. The first-order valence-electron chi connectivity index (χ1n) is 5.47. The van der Waals surface area contributed by atoms with Crippen molar-refractivity contribution in [3.8, 4) is 10.8 Å². The van der Waals surface area contributed by atoms with Crippen molar-refractivity contribution < 1.29 is 4.21 Å². The average Bonchev–Trinajstić information content (AvgIpc) is 2.91. The number of benzene rings is 1. The van der Waals surface area contributed by atoms with Gasteiger partial charge in [0.2, 0.25) is 0 Å². The smallest absolute Gasteiger partial charge is 0.255 e. The number of H-pyrrole nitrogens is 1. The molecule has 0 bridgehead atoms. The minimum Gasteiger partial charge on any atom is -0.255 e. The van der Waals surface area contributed by atoms with Crippen LogP contribution >= 0.6 is 11.3 Å². The van der Waals surface area contributed by atoms with E-state index in [0.717, 1.165) is 15.2 Å². The third-order valence-corrected chi connectivity index (χ3v) is 3.92. The van der Waals surface area contributed by atoms with Crippen LogP contribution in [-0.2, 0) is 9.73 Å². The van der Waals surface area contributed by atoms with Crippen LogP contribution in [-0.4, -0.2) is 36.9 Å². The number of nitrogens with one attached hydrogen (secondary N) is 1. The molecule has 1 aromatic carbocycles. The van der Waals surface area contributed by atoms with Gasteiger partial charge in [0, 0.05) is 22.2 Å². The number of hydrogen-bond donors (Lipinski definition) is 1. The molecule has 0 aliphatic rings. The largest absolute Gasteiger partial charge is 0.276 e. The van der Waals surface area contributed by atoms with E-state index in [4.69, 9.17) is 0 Å². The van der Waals surface area contributed by atoms with Crippen LogP contribution in [0.3, 0.4) is 0 Å². The van der Waals surface area contributed by atoms with E-state index in [1.54, 1.807) is 12.5 Å². The SMILES string of the molecule is CS(C)(=O)=Nc1n[nH]c(-c2nc3ccccc3s2)n1. The number of aromatic amines is 1. The van der Waals surface area contributed by atoms with E-state index >= 15 is 0 Å². The molecule has 0 saturated carbocycles. The number of fused-ring (bicyclic) bond motifs is 1. The van der Waals surface area contributed by atoms with E-state index in [1.807, 2.05) is 24.3 Å². The molecule has 0 fully saturated rings. The quantitative estimate of drug-likeness (QED) is 0.786. The number of hydrogen-bond acceptors (Lipinski definition) is 6. The van der Waals surface area contributed by atoms with Crippen LogP contribution in [0, 0.1) is 0 Å². The number of rotatable bonds is 2. The van der Waals surface area contributed by atoms with Crippen molar-refractivity contribution in [1.29, 1.82) is 0 Å². The van der Waals surface area contributed by atoms with Crippen molar-refractivity contribution in [2.45, 2.75) is 0 Å². The fourth-order valence-electron chi connectivity index (χ4n) is 1.56. The Balaban J connectivity index is 2.05. The minimum absolute atomic E-state index is 0.198. The molecule has 0 aliphatic heterocycles. The Bertz CT molecular complexity index is 816. The highest BCUT2D eigenvalue weighted by molar-refractivity contribution is 7.92. The second-order valence-corrected chi connectivity index (χ2v) is 7.82. The summed E-state index contributed by atoms with van der Waals surface area (Å²) < 4.78 is 16.6. The lowest BCUT2D eigenvalue weighted by Gasteiger charge is -1.88. The van der Waals surface area contributed by atoms with Crippen LogP contribution in [0.2, 0.25) is 0 Å². The molecular formula is C11H11N5OS2. The summed E-state index contributed by atoms with van der Waals surface area (Å²) in [6.07, 6.45) is 3.08. The first-order chi connectivity index (χ1) is 9.01. The Morgan fingerprint density at radius 2 is 2.05 bits per heavy atom. The zero-order chi connectivity index (χ0) is 13.5. The molecular weight excluding hydrogens is 282 g/mol. The van der Waals surface area contributed by atoms with Crippen molar-refractivity contribution in [2.75, 3.05) is 12.5 Å². The van der Waals surface area contributed by atoms with Gasteiger partial charge < -0.3 is 0 Å². The first-order valence-corrected chi connectivity index (χ1v) is 8.61. The van der Waals surface area contributed by atoms with Crippen LogP contribution in [0.1, 0.15) is 0 Å². The summed E-state index contributed by atoms with van der Waals surface area (Å²) in [5.41, 5.74) is 0.923. The summed E-state index contributed by atoms with van der Waals surface area (Å²) >= 11 is 1.52. The summed E-state index contributed by atoms with van der Waals surface area (Å²) in [5, 5.41) is 7.45. The molecule has 0 amide bonds. The number of thiazole rings is 1. The maximum Gasteiger partial charge on any atom is 0.276 e. The summed E-state index contributed by atoms with van der Waals surface area (Å²) in [5.74, 6) is 0.743. The van der Waals surface area contributed by atoms with Crippen LogP contribution < -0.4 is 0 Å². The summed E-state index contributed by atoms with van der Waals surface area (Å²) in [7, 11) is -2.26. The third kappa shape index (κ3) is 2.64. The van der Waals surface area contributed by atoms with Crippen molar-refractivity contribution in [2.24, 2.45) is 4.36 Å². The van der Waals surface area contributed by atoms with Crippen molar-refractivity contribution >= 4 is 37.2 Å². The molecule has 0 aliphatic carbocycles. The van der Waals surface area contributed by atoms with Crippen molar-refractivity contribution in [3.63, 3.8) is 0 Å². The fourth-order valence-corrected chi connectivity index (χ4v) is 2.94. The van der Waals surface area contributed by atoms with Gasteiger partial charge in [-0.2, -0.15) is 9.35 Å². The molecule has 6 nitrogen and oxygen atoms in total. The van der Waals surface area contributed by atoms with Crippen molar-refractivity contribution in [1.82, 2.24) is 20.2 Å². The topological polar surface area (TPSA) is 83.9 Å². The van der Waals surface area contributed by atoms with E-state index in [9.17, 15) is 4.21 Å². The summed E-state index contributed by atoms with van der Waals surface area (Å²) in [6, 6.07) is 7.86. The Morgan fingerprint density at radius 3 is 2.79 bits per heavy atom. The minimum atomic E-state index is -2.26. The Kier molecular flexibility index (Phi) is 2.83. The maximum atomic E-state index is 11.6. The fraction of sp³-hybridized carbons (Fsp3) is 0.182. The van der Waals surface area contributed by atoms with Crippen LogP contribution in [0.25, 0.3) is 21.0 Å². The van der Waals surface area contributed by atoms with Crippen LogP contribution in [0.5, 0.6) is 0 Å². The van der Waals surface area contributed by atoms with Gasteiger partial charge >= 0.3 is 0 Å². The van der Waals surface area contributed by atoms with Gasteiger partial charge in [0.25, 0.3) is 5.95 Å². The van der Waals surface area contributed by atoms with Gasteiger partial charge in [-0.1, -0.05) is 12.1 Å². The molecule has 0 unspecified atom stereocenters. The second-order valence-electron chi connectivity index (χ2n) is 4.24. The number of para-hydroxylation sites is 1. The van der Waals surface area contributed by atoms with E-state index in [-0.39, 0.29) is 5.95 Å². The molecule has 3 aromatic rings. The molecule has 19 heavy (non-hydrogen) atoms. The van der Waals surface area contributed by atoms with Gasteiger partial charge in [-0.15, -0.1) is 16.4 Å². The summed E-state index contributed by atoms with van der Waals surface area (Å²) in [4.78, 5) is 8.66.